The van der Waals surface area contributed by atoms with Crippen LogP contribution < -0.4 is 10.2 Å². The first-order valence-corrected chi connectivity index (χ1v) is 5.68. The number of amides is 1. The molecule has 0 aliphatic carbocycles. The Kier molecular flexibility index (Phi) is 4.76. The van der Waals surface area contributed by atoms with Gasteiger partial charge in [0.25, 0.3) is 0 Å². The molecule has 1 aromatic carbocycles. The van der Waals surface area contributed by atoms with Crippen LogP contribution in [0.4, 0.5) is 5.69 Å². The van der Waals surface area contributed by atoms with Gasteiger partial charge in [0.05, 0.1) is 13.2 Å². The van der Waals surface area contributed by atoms with Gasteiger partial charge in [-0.1, -0.05) is 22.0 Å². The fourth-order valence-corrected chi connectivity index (χ4v) is 1.78. The topological polar surface area (TPSA) is 52.6 Å². The van der Waals surface area contributed by atoms with Crippen molar-refractivity contribution in [2.45, 2.75) is 6.61 Å². The molecule has 0 radical (unpaired) electrons. The molecule has 88 valence electrons. The fourth-order valence-electron chi connectivity index (χ4n) is 1.29. The van der Waals surface area contributed by atoms with Crippen molar-refractivity contribution in [1.82, 2.24) is 5.32 Å². The van der Waals surface area contributed by atoms with E-state index in [4.69, 9.17) is 5.11 Å². The van der Waals surface area contributed by atoms with Crippen molar-refractivity contribution < 1.29 is 9.90 Å². The van der Waals surface area contributed by atoms with Crippen LogP contribution in [0.3, 0.4) is 0 Å². The van der Waals surface area contributed by atoms with E-state index in [-0.39, 0.29) is 12.5 Å². The van der Waals surface area contributed by atoms with Crippen molar-refractivity contribution in [2.75, 3.05) is 25.5 Å². The molecule has 1 rings (SSSR count). The fraction of sp³-hybridized carbons (Fsp3) is 0.364. The molecule has 0 aromatic heterocycles. The van der Waals surface area contributed by atoms with Gasteiger partial charge in [-0.2, -0.15) is 0 Å². The third-order valence-electron chi connectivity index (χ3n) is 2.31. The Morgan fingerprint density at radius 1 is 1.56 bits per heavy atom. The van der Waals surface area contributed by atoms with E-state index in [1.807, 2.05) is 30.1 Å². The Morgan fingerprint density at radius 3 is 2.75 bits per heavy atom. The molecule has 0 bridgehead atoms. The minimum Gasteiger partial charge on any atom is -0.392 e. The number of hydrogen-bond acceptors (Lipinski definition) is 3. The van der Waals surface area contributed by atoms with Gasteiger partial charge in [0.2, 0.25) is 5.91 Å². The quantitative estimate of drug-likeness (QED) is 0.872. The number of nitrogens with zero attached hydrogens (tertiary/aromatic N) is 1. The molecule has 2 N–H and O–H groups in total. The smallest absolute Gasteiger partial charge is 0.239 e. The summed E-state index contributed by atoms with van der Waals surface area (Å²) in [5.41, 5.74) is 1.75. The van der Waals surface area contributed by atoms with Crippen LogP contribution in [-0.4, -0.2) is 31.7 Å². The lowest BCUT2D eigenvalue weighted by molar-refractivity contribution is -0.119. The Labute approximate surface area is 103 Å². The van der Waals surface area contributed by atoms with Crippen molar-refractivity contribution in [3.63, 3.8) is 0 Å². The highest BCUT2D eigenvalue weighted by Gasteiger charge is 2.07. The Hall–Kier alpha value is -1.07. The summed E-state index contributed by atoms with van der Waals surface area (Å²) in [5.74, 6) is -0.0372. The summed E-state index contributed by atoms with van der Waals surface area (Å²) in [4.78, 5) is 13.0. The Bertz CT molecular complexity index is 382. The third-order valence-corrected chi connectivity index (χ3v) is 3.05. The van der Waals surface area contributed by atoms with E-state index in [9.17, 15) is 4.79 Å². The number of rotatable bonds is 4. The number of hydrogen-bond donors (Lipinski definition) is 2. The molecular weight excluding hydrogens is 272 g/mol. The summed E-state index contributed by atoms with van der Waals surface area (Å²) >= 11 is 3.37. The molecule has 4 nitrogen and oxygen atoms in total. The maximum atomic E-state index is 11.2. The highest BCUT2D eigenvalue weighted by molar-refractivity contribution is 9.10. The average molecular weight is 287 g/mol. The number of carbonyl (C=O) groups excluding carboxylic acids is 1. The van der Waals surface area contributed by atoms with Gasteiger partial charge < -0.3 is 15.3 Å². The summed E-state index contributed by atoms with van der Waals surface area (Å²) < 4.78 is 0.844. The van der Waals surface area contributed by atoms with Gasteiger partial charge >= 0.3 is 0 Å². The number of anilines is 1. The average Bonchev–Trinajstić information content (AvgIpc) is 2.28. The number of nitrogens with one attached hydrogen (secondary N) is 1. The first-order chi connectivity index (χ1) is 7.58. The van der Waals surface area contributed by atoms with Crippen LogP contribution in [0.2, 0.25) is 0 Å². The number of benzene rings is 1. The first-order valence-electron chi connectivity index (χ1n) is 4.89. The Balaban J connectivity index is 2.80. The highest BCUT2D eigenvalue weighted by Crippen LogP contribution is 2.23. The predicted molar refractivity (Wildman–Crippen MR) is 67.4 cm³/mol. The number of carbonyl (C=O) groups is 1. The maximum Gasteiger partial charge on any atom is 0.239 e. The number of aliphatic hydroxyl groups is 1. The minimum absolute atomic E-state index is 0.0000235. The summed E-state index contributed by atoms with van der Waals surface area (Å²) in [6.45, 7) is 0.307. The van der Waals surface area contributed by atoms with Crippen LogP contribution in [0.25, 0.3) is 0 Å². The molecule has 0 saturated carbocycles. The molecule has 1 aromatic rings. The molecule has 0 aliphatic rings. The minimum atomic E-state index is -0.0372. The number of halogens is 1. The normalized spacial score (nSPS) is 10.0. The first kappa shape index (κ1) is 13.0. The maximum absolute atomic E-state index is 11.2. The molecular formula is C11H15BrN2O2. The SMILES string of the molecule is CNC(=O)CN(C)c1ccc(CO)c(Br)c1. The molecule has 1 amide bonds. The molecule has 0 unspecified atom stereocenters. The summed E-state index contributed by atoms with van der Waals surface area (Å²) in [5, 5.41) is 11.6. The summed E-state index contributed by atoms with van der Waals surface area (Å²) in [7, 11) is 3.45. The van der Waals surface area contributed by atoms with E-state index in [0.717, 1.165) is 15.7 Å². The molecule has 0 saturated heterocycles. The lowest BCUT2D eigenvalue weighted by atomic mass is 10.2. The number of likely N-dealkylation sites (N-methyl/N-ethyl adjacent to an activating group) is 2. The lowest BCUT2D eigenvalue weighted by Gasteiger charge is -2.19. The summed E-state index contributed by atoms with van der Waals surface area (Å²) in [6.07, 6.45) is 0. The second-order valence-corrected chi connectivity index (χ2v) is 4.32. The molecule has 0 atom stereocenters. The summed E-state index contributed by atoms with van der Waals surface area (Å²) in [6, 6.07) is 5.59. The van der Waals surface area contributed by atoms with Crippen LogP contribution >= 0.6 is 15.9 Å². The second kappa shape index (κ2) is 5.86. The molecule has 5 heteroatoms. The lowest BCUT2D eigenvalue weighted by Crippen LogP contribution is -2.32. The van der Waals surface area contributed by atoms with Gasteiger partial charge in [-0.25, -0.2) is 0 Å². The van der Waals surface area contributed by atoms with Crippen LogP contribution in [-0.2, 0) is 11.4 Å². The van der Waals surface area contributed by atoms with Gasteiger partial charge in [-0.05, 0) is 17.7 Å². The van der Waals surface area contributed by atoms with Crippen LogP contribution in [0.15, 0.2) is 22.7 Å². The highest BCUT2D eigenvalue weighted by atomic mass is 79.9. The number of aliphatic hydroxyl groups excluding tert-OH is 1. The van der Waals surface area contributed by atoms with Gasteiger partial charge in [0, 0.05) is 24.3 Å². The van der Waals surface area contributed by atoms with Crippen LogP contribution in [0.1, 0.15) is 5.56 Å². The van der Waals surface area contributed by atoms with E-state index in [1.165, 1.54) is 0 Å². The predicted octanol–water partition coefficient (Wildman–Crippen LogP) is 1.12. The molecule has 0 heterocycles. The molecule has 0 fully saturated rings. The Morgan fingerprint density at radius 2 is 2.25 bits per heavy atom. The van der Waals surface area contributed by atoms with Gasteiger partial charge in [-0.15, -0.1) is 0 Å². The second-order valence-electron chi connectivity index (χ2n) is 3.46. The molecule has 16 heavy (non-hydrogen) atoms. The zero-order valence-electron chi connectivity index (χ0n) is 9.33. The van der Waals surface area contributed by atoms with Crippen molar-refractivity contribution in [3.05, 3.63) is 28.2 Å². The van der Waals surface area contributed by atoms with E-state index in [0.29, 0.717) is 6.54 Å². The van der Waals surface area contributed by atoms with Crippen molar-refractivity contribution in [1.29, 1.82) is 0 Å². The zero-order chi connectivity index (χ0) is 12.1. The third kappa shape index (κ3) is 3.21. The molecule has 0 spiro atoms. The van der Waals surface area contributed by atoms with Crippen molar-refractivity contribution >= 4 is 27.5 Å². The van der Waals surface area contributed by atoms with Gasteiger partial charge in [0.1, 0.15) is 0 Å². The standard InChI is InChI=1S/C11H15BrN2O2/c1-13-11(16)6-14(2)9-4-3-8(7-15)10(12)5-9/h3-5,15H,6-7H2,1-2H3,(H,13,16). The van der Waals surface area contributed by atoms with Crippen molar-refractivity contribution in [2.24, 2.45) is 0 Å². The van der Waals surface area contributed by atoms with E-state index >= 15 is 0 Å². The van der Waals surface area contributed by atoms with Crippen LogP contribution in [0.5, 0.6) is 0 Å². The zero-order valence-corrected chi connectivity index (χ0v) is 10.9. The van der Waals surface area contributed by atoms with Gasteiger partial charge in [0.15, 0.2) is 0 Å². The van der Waals surface area contributed by atoms with E-state index < -0.39 is 0 Å². The monoisotopic (exact) mass is 286 g/mol. The van der Waals surface area contributed by atoms with Crippen LogP contribution in [0, 0.1) is 0 Å². The van der Waals surface area contributed by atoms with E-state index in [2.05, 4.69) is 21.2 Å². The molecule has 0 aliphatic heterocycles. The van der Waals surface area contributed by atoms with E-state index in [1.54, 1.807) is 7.05 Å². The largest absolute Gasteiger partial charge is 0.392 e. The van der Waals surface area contributed by atoms with Gasteiger partial charge in [-0.3, -0.25) is 4.79 Å². The van der Waals surface area contributed by atoms with Crippen molar-refractivity contribution in [3.8, 4) is 0 Å².